The van der Waals surface area contributed by atoms with E-state index in [2.05, 4.69) is 10.0 Å². The molecule has 1 amide bonds. The molecule has 0 radical (unpaired) electrons. The van der Waals surface area contributed by atoms with Gasteiger partial charge in [-0.15, -0.1) is 0 Å². The lowest BCUT2D eigenvalue weighted by atomic mass is 10.2. The molecule has 0 saturated heterocycles. The van der Waals surface area contributed by atoms with Crippen LogP contribution in [-0.4, -0.2) is 36.4 Å². The minimum Gasteiger partial charge on any atom is -0.495 e. The van der Waals surface area contributed by atoms with Crippen LogP contribution in [0.4, 0.5) is 30.2 Å². The first kappa shape index (κ1) is 30.4. The van der Waals surface area contributed by atoms with Gasteiger partial charge in [-0.25, -0.2) is 16.8 Å². The average molecular weight is 620 g/mol. The number of rotatable bonds is 10. The summed E-state index contributed by atoms with van der Waals surface area (Å²) in [6, 6.07) is 22.4. The lowest BCUT2D eigenvalue weighted by Crippen LogP contribution is -2.38. The van der Waals surface area contributed by atoms with Crippen LogP contribution in [-0.2, 0) is 31.0 Å². The minimum atomic E-state index is -4.65. The topological polar surface area (TPSA) is 122 Å². The van der Waals surface area contributed by atoms with Gasteiger partial charge < -0.3 is 10.1 Å². The molecule has 0 bridgehead atoms. The molecular weight excluding hydrogens is 595 g/mol. The Bertz CT molecular complexity index is 1780. The van der Waals surface area contributed by atoms with E-state index < -0.39 is 44.2 Å². The van der Waals surface area contributed by atoms with E-state index in [0.29, 0.717) is 6.07 Å². The number of nitrogens with one attached hydrogen (secondary N) is 2. The normalized spacial score (nSPS) is 11.9. The van der Waals surface area contributed by atoms with E-state index in [4.69, 9.17) is 4.74 Å². The molecule has 4 aromatic carbocycles. The Morgan fingerprint density at radius 3 is 2.07 bits per heavy atom. The number of carbonyl (C=O) groups excluding carboxylic acids is 1. The molecule has 0 aliphatic carbocycles. The van der Waals surface area contributed by atoms with Gasteiger partial charge >= 0.3 is 6.18 Å². The summed E-state index contributed by atoms with van der Waals surface area (Å²) in [6.07, 6.45) is -4.65. The average Bonchev–Trinajstić information content (AvgIpc) is 2.96. The molecule has 0 saturated carbocycles. The van der Waals surface area contributed by atoms with E-state index in [1.165, 1.54) is 43.5 Å². The summed E-state index contributed by atoms with van der Waals surface area (Å²) in [7, 11) is -7.11. The monoisotopic (exact) mass is 619 g/mol. The van der Waals surface area contributed by atoms with Crippen molar-refractivity contribution in [1.82, 2.24) is 0 Å². The van der Waals surface area contributed by atoms with Gasteiger partial charge in [-0.1, -0.05) is 36.4 Å². The summed E-state index contributed by atoms with van der Waals surface area (Å²) < 4.78 is 99.8. The van der Waals surface area contributed by atoms with E-state index in [0.717, 1.165) is 28.6 Å². The smallest absolute Gasteiger partial charge is 0.416 e. The molecule has 0 unspecified atom stereocenters. The third-order valence-electron chi connectivity index (χ3n) is 5.86. The second-order valence-corrected chi connectivity index (χ2v) is 12.3. The number of sulfonamides is 2. The molecule has 0 aliphatic rings. The van der Waals surface area contributed by atoms with Crippen molar-refractivity contribution >= 4 is 43.0 Å². The maximum atomic E-state index is 13.5. The van der Waals surface area contributed by atoms with Crippen molar-refractivity contribution in [3.63, 3.8) is 0 Å². The first-order chi connectivity index (χ1) is 19.8. The molecule has 0 atom stereocenters. The van der Waals surface area contributed by atoms with Gasteiger partial charge in [-0.05, 0) is 66.7 Å². The SMILES string of the molecule is COc1ccccc1N(CC(=O)Nc1ccc(S(=O)(=O)Nc2cccc(C(F)(F)F)c2)cc1)S(=O)(=O)c1ccccc1. The van der Waals surface area contributed by atoms with Crippen molar-refractivity contribution in [3.8, 4) is 5.75 Å². The highest BCUT2D eigenvalue weighted by molar-refractivity contribution is 7.93. The Balaban J connectivity index is 1.53. The van der Waals surface area contributed by atoms with Crippen LogP contribution in [0.25, 0.3) is 0 Å². The molecule has 220 valence electrons. The predicted molar refractivity (Wildman–Crippen MR) is 151 cm³/mol. The van der Waals surface area contributed by atoms with Crippen LogP contribution < -0.4 is 19.1 Å². The molecule has 0 heterocycles. The van der Waals surface area contributed by atoms with Gasteiger partial charge in [0.1, 0.15) is 12.3 Å². The fourth-order valence-electron chi connectivity index (χ4n) is 3.88. The third-order valence-corrected chi connectivity index (χ3v) is 9.03. The van der Waals surface area contributed by atoms with Crippen LogP contribution in [0.15, 0.2) is 113 Å². The maximum absolute atomic E-state index is 13.5. The van der Waals surface area contributed by atoms with E-state index in [1.54, 1.807) is 36.4 Å². The van der Waals surface area contributed by atoms with E-state index >= 15 is 0 Å². The largest absolute Gasteiger partial charge is 0.495 e. The second kappa shape index (κ2) is 12.1. The molecule has 0 fully saturated rings. The lowest BCUT2D eigenvalue weighted by molar-refractivity contribution is -0.137. The molecule has 42 heavy (non-hydrogen) atoms. The standard InChI is InChI=1S/C28H24F3N3O6S2/c1-40-26-13-6-5-12-25(26)34(42(38,39)24-10-3-2-4-11-24)19-27(35)32-21-14-16-23(17-15-21)41(36,37)33-22-9-7-8-20(18-22)28(29,30)31/h2-18,33H,19H2,1H3,(H,32,35). The van der Waals surface area contributed by atoms with Gasteiger partial charge in [0.25, 0.3) is 20.0 Å². The number of hydrogen-bond donors (Lipinski definition) is 2. The zero-order chi connectivity index (χ0) is 30.5. The number of hydrogen-bond acceptors (Lipinski definition) is 6. The summed E-state index contributed by atoms with van der Waals surface area (Å²) in [5, 5.41) is 2.53. The van der Waals surface area contributed by atoms with Crippen molar-refractivity contribution in [1.29, 1.82) is 0 Å². The highest BCUT2D eigenvalue weighted by Gasteiger charge is 2.31. The molecule has 4 rings (SSSR count). The van der Waals surface area contributed by atoms with E-state index in [9.17, 15) is 34.8 Å². The Morgan fingerprint density at radius 2 is 1.43 bits per heavy atom. The van der Waals surface area contributed by atoms with Crippen molar-refractivity contribution in [3.05, 3.63) is 109 Å². The van der Waals surface area contributed by atoms with Crippen LogP contribution in [0.5, 0.6) is 5.75 Å². The third kappa shape index (κ3) is 7.01. The van der Waals surface area contributed by atoms with Crippen molar-refractivity contribution < 1.29 is 39.5 Å². The van der Waals surface area contributed by atoms with Gasteiger partial charge in [-0.2, -0.15) is 13.2 Å². The lowest BCUT2D eigenvalue weighted by Gasteiger charge is -2.25. The first-order valence-electron chi connectivity index (χ1n) is 12.1. The summed E-state index contributed by atoms with van der Waals surface area (Å²) in [5.41, 5.74) is -1.02. The van der Waals surface area contributed by atoms with Gasteiger partial charge in [0.2, 0.25) is 5.91 Å². The Labute approximate surface area is 240 Å². The summed E-state index contributed by atoms with van der Waals surface area (Å²) in [5.74, 6) is -0.522. The Morgan fingerprint density at radius 1 is 0.786 bits per heavy atom. The number of halogens is 3. The summed E-state index contributed by atoms with van der Waals surface area (Å²) >= 11 is 0. The number of carbonyl (C=O) groups is 1. The molecule has 0 aliphatic heterocycles. The van der Waals surface area contributed by atoms with Crippen LogP contribution in [0.2, 0.25) is 0 Å². The van der Waals surface area contributed by atoms with Crippen molar-refractivity contribution in [2.75, 3.05) is 28.0 Å². The highest BCUT2D eigenvalue weighted by atomic mass is 32.2. The number of ether oxygens (including phenoxy) is 1. The fraction of sp³-hybridized carbons (Fsp3) is 0.107. The predicted octanol–water partition coefficient (Wildman–Crippen LogP) is 5.35. The highest BCUT2D eigenvalue weighted by Crippen LogP contribution is 2.33. The Hall–Kier alpha value is -4.56. The van der Waals surface area contributed by atoms with Crippen molar-refractivity contribution in [2.24, 2.45) is 0 Å². The van der Waals surface area contributed by atoms with Gasteiger partial charge in [0.15, 0.2) is 0 Å². The Kier molecular flexibility index (Phi) is 8.78. The molecule has 0 aromatic heterocycles. The molecule has 4 aromatic rings. The number of nitrogens with zero attached hydrogens (tertiary/aromatic N) is 1. The van der Waals surface area contributed by atoms with E-state index in [-0.39, 0.29) is 32.6 Å². The first-order valence-corrected chi connectivity index (χ1v) is 15.0. The van der Waals surface area contributed by atoms with Crippen LogP contribution in [0.3, 0.4) is 0 Å². The number of anilines is 3. The number of para-hydroxylation sites is 2. The number of methoxy groups -OCH3 is 1. The van der Waals surface area contributed by atoms with Crippen molar-refractivity contribution in [2.45, 2.75) is 16.0 Å². The molecule has 2 N–H and O–H groups in total. The zero-order valence-corrected chi connectivity index (χ0v) is 23.5. The number of alkyl halides is 3. The number of benzene rings is 4. The van der Waals surface area contributed by atoms with Crippen LogP contribution in [0.1, 0.15) is 5.56 Å². The zero-order valence-electron chi connectivity index (χ0n) is 21.9. The van der Waals surface area contributed by atoms with Crippen LogP contribution >= 0.6 is 0 Å². The molecule has 0 spiro atoms. The summed E-state index contributed by atoms with van der Waals surface area (Å²) in [4.78, 5) is 12.7. The van der Waals surface area contributed by atoms with Crippen LogP contribution in [0, 0.1) is 0 Å². The quantitative estimate of drug-likeness (QED) is 0.247. The van der Waals surface area contributed by atoms with Gasteiger partial charge in [0.05, 0.1) is 28.2 Å². The second-order valence-electron chi connectivity index (χ2n) is 8.75. The van der Waals surface area contributed by atoms with Gasteiger partial charge in [-0.3, -0.25) is 13.8 Å². The summed E-state index contributed by atoms with van der Waals surface area (Å²) in [6.45, 7) is -0.644. The number of amides is 1. The van der Waals surface area contributed by atoms with E-state index in [1.807, 2.05) is 0 Å². The fourth-order valence-corrected chi connectivity index (χ4v) is 6.38. The molecular formula is C28H24F3N3O6S2. The maximum Gasteiger partial charge on any atom is 0.416 e. The molecule has 9 nitrogen and oxygen atoms in total. The molecule has 14 heteroatoms. The van der Waals surface area contributed by atoms with Gasteiger partial charge in [0, 0.05) is 11.4 Å². The minimum absolute atomic E-state index is 0.0495.